The molecule has 0 saturated carbocycles. The molecule has 0 bridgehead atoms. The van der Waals surface area contributed by atoms with Crippen molar-refractivity contribution in [1.29, 1.82) is 0 Å². The van der Waals surface area contributed by atoms with Crippen LogP contribution in [-0.4, -0.2) is 18.7 Å². The van der Waals surface area contributed by atoms with Gasteiger partial charge in [0.2, 0.25) is 0 Å². The second-order valence-electron chi connectivity index (χ2n) is 3.32. The summed E-state index contributed by atoms with van der Waals surface area (Å²) in [6.07, 6.45) is 0.713. The molecule has 0 amide bonds. The van der Waals surface area contributed by atoms with E-state index < -0.39 is 0 Å². The zero-order valence-corrected chi connectivity index (χ0v) is 9.16. The predicted molar refractivity (Wildman–Crippen MR) is 57.7 cm³/mol. The van der Waals surface area contributed by atoms with Crippen LogP contribution in [0.25, 0.3) is 0 Å². The summed E-state index contributed by atoms with van der Waals surface area (Å²) in [5.41, 5.74) is 1.78. The number of carbonyl (C=O) groups is 2. The van der Waals surface area contributed by atoms with Gasteiger partial charge in [0.05, 0.1) is 12.2 Å². The van der Waals surface area contributed by atoms with Crippen molar-refractivity contribution in [3.05, 3.63) is 28.8 Å². The second kappa shape index (κ2) is 4.73. The van der Waals surface area contributed by atoms with Crippen molar-refractivity contribution in [2.24, 2.45) is 0 Å². The number of benzene rings is 1. The van der Waals surface area contributed by atoms with Gasteiger partial charge in [-0.15, -0.1) is 0 Å². The summed E-state index contributed by atoms with van der Waals surface area (Å²) in [6.45, 7) is 5.65. The molecule has 0 aromatic heterocycles. The molecule has 0 saturated heterocycles. The highest BCUT2D eigenvalue weighted by molar-refractivity contribution is 5.96. The minimum atomic E-state index is -0.0516. The van der Waals surface area contributed by atoms with Gasteiger partial charge in [-0.25, -0.2) is 0 Å². The fourth-order valence-electron chi connectivity index (χ4n) is 1.43. The maximum Gasteiger partial charge on any atom is 0.159 e. The first kappa shape index (κ1) is 11.4. The first-order valence-electron chi connectivity index (χ1n) is 4.83. The molecule has 0 unspecified atom stereocenters. The molecule has 80 valence electrons. The number of ketones is 1. The lowest BCUT2D eigenvalue weighted by Crippen LogP contribution is -2.02. The van der Waals surface area contributed by atoms with Crippen molar-refractivity contribution in [2.75, 3.05) is 6.61 Å². The summed E-state index contributed by atoms with van der Waals surface area (Å²) in [7, 11) is 0. The largest absolute Gasteiger partial charge is 0.493 e. The molecule has 15 heavy (non-hydrogen) atoms. The van der Waals surface area contributed by atoms with E-state index in [1.807, 2.05) is 13.8 Å². The lowest BCUT2D eigenvalue weighted by atomic mass is 10.0. The Hall–Kier alpha value is -1.64. The van der Waals surface area contributed by atoms with Crippen molar-refractivity contribution >= 4 is 12.1 Å². The Morgan fingerprint density at radius 1 is 1.47 bits per heavy atom. The van der Waals surface area contributed by atoms with E-state index in [2.05, 4.69) is 0 Å². The third kappa shape index (κ3) is 2.43. The smallest absolute Gasteiger partial charge is 0.159 e. The van der Waals surface area contributed by atoms with Crippen LogP contribution in [0.15, 0.2) is 12.1 Å². The van der Waals surface area contributed by atoms with Crippen molar-refractivity contribution in [1.82, 2.24) is 0 Å². The lowest BCUT2D eigenvalue weighted by Gasteiger charge is -2.10. The fourth-order valence-corrected chi connectivity index (χ4v) is 1.43. The SMILES string of the molecule is CCOc1c(C)cc(C(C)=O)cc1C=O. The topological polar surface area (TPSA) is 43.4 Å². The average Bonchev–Trinajstić information content (AvgIpc) is 2.20. The van der Waals surface area contributed by atoms with Crippen LogP contribution >= 0.6 is 0 Å². The highest BCUT2D eigenvalue weighted by atomic mass is 16.5. The third-order valence-corrected chi connectivity index (χ3v) is 2.13. The van der Waals surface area contributed by atoms with E-state index in [9.17, 15) is 9.59 Å². The number of aryl methyl sites for hydroxylation is 1. The van der Waals surface area contributed by atoms with Crippen LogP contribution in [0.2, 0.25) is 0 Å². The summed E-state index contributed by atoms with van der Waals surface area (Å²) in [6, 6.07) is 3.30. The molecule has 0 fully saturated rings. The highest BCUT2D eigenvalue weighted by Gasteiger charge is 2.10. The van der Waals surface area contributed by atoms with Gasteiger partial charge in [-0.2, -0.15) is 0 Å². The van der Waals surface area contributed by atoms with E-state index in [1.165, 1.54) is 6.92 Å². The molecule has 0 N–H and O–H groups in total. The van der Waals surface area contributed by atoms with Gasteiger partial charge >= 0.3 is 0 Å². The Balaban J connectivity index is 3.30. The van der Waals surface area contributed by atoms with E-state index in [0.29, 0.717) is 29.8 Å². The maximum atomic E-state index is 11.2. The standard InChI is InChI=1S/C12H14O3/c1-4-15-12-8(2)5-10(9(3)14)6-11(12)7-13/h5-7H,4H2,1-3H3. The molecule has 3 heteroatoms. The average molecular weight is 206 g/mol. The van der Waals surface area contributed by atoms with Crippen LogP contribution in [0.5, 0.6) is 5.75 Å². The van der Waals surface area contributed by atoms with Crippen LogP contribution in [0, 0.1) is 6.92 Å². The van der Waals surface area contributed by atoms with Gasteiger partial charge in [0, 0.05) is 5.56 Å². The summed E-state index contributed by atoms with van der Waals surface area (Å²) in [5, 5.41) is 0. The molecule has 3 nitrogen and oxygen atoms in total. The van der Waals surface area contributed by atoms with Crippen LogP contribution in [0.4, 0.5) is 0 Å². The van der Waals surface area contributed by atoms with E-state index >= 15 is 0 Å². The Labute approximate surface area is 89.1 Å². The number of rotatable bonds is 4. The molecule has 0 heterocycles. The molecule has 1 aromatic carbocycles. The molecule has 0 radical (unpaired) electrons. The minimum Gasteiger partial charge on any atom is -0.493 e. The summed E-state index contributed by atoms with van der Waals surface area (Å²) >= 11 is 0. The molecule has 1 rings (SSSR count). The van der Waals surface area contributed by atoms with E-state index in [-0.39, 0.29) is 5.78 Å². The Kier molecular flexibility index (Phi) is 3.61. The monoisotopic (exact) mass is 206 g/mol. The summed E-state index contributed by atoms with van der Waals surface area (Å²) < 4.78 is 5.35. The van der Waals surface area contributed by atoms with Crippen molar-refractivity contribution in [3.63, 3.8) is 0 Å². The number of hydrogen-bond donors (Lipinski definition) is 0. The van der Waals surface area contributed by atoms with Gasteiger partial charge in [0.25, 0.3) is 0 Å². The van der Waals surface area contributed by atoms with Gasteiger partial charge in [0.1, 0.15) is 5.75 Å². The van der Waals surface area contributed by atoms with Gasteiger partial charge < -0.3 is 4.74 Å². The minimum absolute atomic E-state index is 0.0516. The van der Waals surface area contributed by atoms with E-state index in [4.69, 9.17) is 4.74 Å². The van der Waals surface area contributed by atoms with Crippen molar-refractivity contribution in [3.8, 4) is 5.75 Å². The molecule has 0 spiro atoms. The van der Waals surface area contributed by atoms with Crippen LogP contribution in [0.3, 0.4) is 0 Å². The van der Waals surface area contributed by atoms with E-state index in [0.717, 1.165) is 5.56 Å². The Bertz CT molecular complexity index is 394. The zero-order chi connectivity index (χ0) is 11.4. The number of ether oxygens (including phenoxy) is 1. The zero-order valence-electron chi connectivity index (χ0n) is 9.16. The Morgan fingerprint density at radius 2 is 2.13 bits per heavy atom. The van der Waals surface area contributed by atoms with Crippen LogP contribution in [0.1, 0.15) is 40.1 Å². The van der Waals surface area contributed by atoms with Crippen molar-refractivity contribution < 1.29 is 14.3 Å². The normalized spacial score (nSPS) is 9.80. The Morgan fingerprint density at radius 3 is 2.60 bits per heavy atom. The quantitative estimate of drug-likeness (QED) is 0.561. The number of aldehydes is 1. The van der Waals surface area contributed by atoms with Gasteiger partial charge in [-0.05, 0) is 38.5 Å². The molecular formula is C12H14O3. The van der Waals surface area contributed by atoms with Gasteiger partial charge in [-0.1, -0.05) is 0 Å². The molecular weight excluding hydrogens is 192 g/mol. The van der Waals surface area contributed by atoms with Gasteiger partial charge in [0.15, 0.2) is 12.1 Å². The van der Waals surface area contributed by atoms with Crippen molar-refractivity contribution in [2.45, 2.75) is 20.8 Å². The first-order chi connectivity index (χ1) is 7.10. The molecule has 0 aliphatic rings. The molecule has 0 aliphatic heterocycles. The number of hydrogen-bond acceptors (Lipinski definition) is 3. The second-order valence-corrected chi connectivity index (χ2v) is 3.32. The first-order valence-corrected chi connectivity index (χ1v) is 4.83. The lowest BCUT2D eigenvalue weighted by molar-refractivity contribution is 0.101. The van der Waals surface area contributed by atoms with Gasteiger partial charge in [-0.3, -0.25) is 9.59 Å². The summed E-state index contributed by atoms with van der Waals surface area (Å²) in [4.78, 5) is 22.0. The third-order valence-electron chi connectivity index (χ3n) is 2.13. The molecule has 0 aliphatic carbocycles. The molecule has 0 atom stereocenters. The van der Waals surface area contributed by atoms with Crippen LogP contribution in [-0.2, 0) is 0 Å². The van der Waals surface area contributed by atoms with E-state index in [1.54, 1.807) is 12.1 Å². The maximum absolute atomic E-state index is 11.2. The number of carbonyl (C=O) groups excluding carboxylic acids is 2. The predicted octanol–water partition coefficient (Wildman–Crippen LogP) is 2.41. The van der Waals surface area contributed by atoms with Crippen LogP contribution < -0.4 is 4.74 Å². The number of Topliss-reactive ketones (excluding diaryl/α,β-unsaturated/α-hetero) is 1. The fraction of sp³-hybridized carbons (Fsp3) is 0.333. The molecule has 1 aromatic rings. The highest BCUT2D eigenvalue weighted by Crippen LogP contribution is 2.24. The summed E-state index contributed by atoms with van der Waals surface area (Å²) in [5.74, 6) is 0.516.